The SMILES string of the molecule is CN(Cc1c[nH]c2ncccc12)C1CCCC1CN. The first-order valence-corrected chi connectivity index (χ1v) is 7.11. The quantitative estimate of drug-likeness (QED) is 0.883. The molecule has 0 aromatic carbocycles. The van der Waals surface area contributed by atoms with Gasteiger partial charge in [0.2, 0.25) is 0 Å². The van der Waals surface area contributed by atoms with Gasteiger partial charge in [-0.25, -0.2) is 4.98 Å². The summed E-state index contributed by atoms with van der Waals surface area (Å²) in [5.74, 6) is 0.660. The molecule has 4 heteroatoms. The molecule has 102 valence electrons. The van der Waals surface area contributed by atoms with Crippen LogP contribution in [0.3, 0.4) is 0 Å². The van der Waals surface area contributed by atoms with E-state index in [4.69, 9.17) is 5.73 Å². The number of hydrogen-bond acceptors (Lipinski definition) is 3. The van der Waals surface area contributed by atoms with Gasteiger partial charge >= 0.3 is 0 Å². The van der Waals surface area contributed by atoms with Gasteiger partial charge in [0, 0.05) is 30.4 Å². The molecule has 0 aliphatic heterocycles. The zero-order valence-electron chi connectivity index (χ0n) is 11.5. The summed E-state index contributed by atoms with van der Waals surface area (Å²) in [6, 6.07) is 4.77. The van der Waals surface area contributed by atoms with E-state index in [0.29, 0.717) is 12.0 Å². The minimum atomic E-state index is 0.631. The number of nitrogens with zero attached hydrogens (tertiary/aromatic N) is 2. The number of nitrogens with one attached hydrogen (secondary N) is 1. The van der Waals surface area contributed by atoms with E-state index in [1.807, 2.05) is 12.3 Å². The lowest BCUT2D eigenvalue weighted by atomic mass is 10.0. The summed E-state index contributed by atoms with van der Waals surface area (Å²) < 4.78 is 0. The van der Waals surface area contributed by atoms with Crippen molar-refractivity contribution in [3.63, 3.8) is 0 Å². The van der Waals surface area contributed by atoms with Gasteiger partial charge in [0.1, 0.15) is 5.65 Å². The molecule has 2 unspecified atom stereocenters. The van der Waals surface area contributed by atoms with E-state index in [2.05, 4.69) is 34.2 Å². The summed E-state index contributed by atoms with van der Waals surface area (Å²) in [6.45, 7) is 1.78. The first-order valence-electron chi connectivity index (χ1n) is 7.11. The average Bonchev–Trinajstić information content (AvgIpc) is 3.05. The molecule has 1 saturated carbocycles. The number of aromatic nitrogens is 2. The predicted octanol–water partition coefficient (Wildman–Crippen LogP) is 2.12. The fourth-order valence-corrected chi connectivity index (χ4v) is 3.40. The molecule has 19 heavy (non-hydrogen) atoms. The molecule has 0 bridgehead atoms. The zero-order chi connectivity index (χ0) is 13.2. The molecular formula is C15H22N4. The van der Waals surface area contributed by atoms with E-state index in [1.54, 1.807) is 0 Å². The highest BCUT2D eigenvalue weighted by molar-refractivity contribution is 5.79. The van der Waals surface area contributed by atoms with Crippen LogP contribution in [0.1, 0.15) is 24.8 Å². The molecule has 0 radical (unpaired) electrons. The summed E-state index contributed by atoms with van der Waals surface area (Å²) in [6.07, 6.45) is 7.78. The average molecular weight is 258 g/mol. The highest BCUT2D eigenvalue weighted by atomic mass is 15.1. The molecule has 3 N–H and O–H groups in total. The Balaban J connectivity index is 1.77. The Morgan fingerprint density at radius 1 is 1.47 bits per heavy atom. The van der Waals surface area contributed by atoms with Crippen molar-refractivity contribution >= 4 is 11.0 Å². The molecule has 0 amide bonds. The van der Waals surface area contributed by atoms with Crippen molar-refractivity contribution in [2.45, 2.75) is 31.8 Å². The van der Waals surface area contributed by atoms with Gasteiger partial charge in [-0.1, -0.05) is 6.42 Å². The van der Waals surface area contributed by atoms with Gasteiger partial charge in [0.15, 0.2) is 0 Å². The third-order valence-corrected chi connectivity index (χ3v) is 4.44. The number of rotatable bonds is 4. The van der Waals surface area contributed by atoms with E-state index >= 15 is 0 Å². The minimum absolute atomic E-state index is 0.631. The summed E-state index contributed by atoms with van der Waals surface area (Å²) >= 11 is 0. The van der Waals surface area contributed by atoms with Gasteiger partial charge in [-0.2, -0.15) is 0 Å². The van der Waals surface area contributed by atoms with Crippen LogP contribution in [0.2, 0.25) is 0 Å². The topological polar surface area (TPSA) is 57.9 Å². The second kappa shape index (κ2) is 5.31. The lowest BCUT2D eigenvalue weighted by molar-refractivity contribution is 0.193. The Morgan fingerprint density at radius 3 is 3.21 bits per heavy atom. The third-order valence-electron chi connectivity index (χ3n) is 4.44. The van der Waals surface area contributed by atoms with Gasteiger partial charge < -0.3 is 10.7 Å². The molecular weight excluding hydrogens is 236 g/mol. The molecule has 1 aliphatic carbocycles. The van der Waals surface area contributed by atoms with Crippen LogP contribution in [-0.4, -0.2) is 34.5 Å². The van der Waals surface area contributed by atoms with Crippen LogP contribution in [0, 0.1) is 5.92 Å². The van der Waals surface area contributed by atoms with Crippen molar-refractivity contribution in [1.82, 2.24) is 14.9 Å². The number of hydrogen-bond donors (Lipinski definition) is 2. The van der Waals surface area contributed by atoms with Gasteiger partial charge in [-0.15, -0.1) is 0 Å². The van der Waals surface area contributed by atoms with E-state index in [9.17, 15) is 0 Å². The van der Waals surface area contributed by atoms with E-state index in [0.717, 1.165) is 18.7 Å². The van der Waals surface area contributed by atoms with Crippen LogP contribution in [0.25, 0.3) is 11.0 Å². The van der Waals surface area contributed by atoms with Crippen molar-refractivity contribution in [2.75, 3.05) is 13.6 Å². The molecule has 1 fully saturated rings. The largest absolute Gasteiger partial charge is 0.346 e. The second-order valence-corrected chi connectivity index (χ2v) is 5.62. The van der Waals surface area contributed by atoms with Crippen LogP contribution in [0.15, 0.2) is 24.5 Å². The van der Waals surface area contributed by atoms with Crippen LogP contribution < -0.4 is 5.73 Å². The first-order chi connectivity index (χ1) is 9.29. The molecule has 2 aromatic rings. The number of pyridine rings is 1. The van der Waals surface area contributed by atoms with E-state index in [1.165, 1.54) is 30.2 Å². The monoisotopic (exact) mass is 258 g/mol. The third kappa shape index (κ3) is 2.38. The predicted molar refractivity (Wildman–Crippen MR) is 77.7 cm³/mol. The van der Waals surface area contributed by atoms with Crippen molar-refractivity contribution in [1.29, 1.82) is 0 Å². The molecule has 2 atom stereocenters. The fraction of sp³-hybridized carbons (Fsp3) is 0.533. The summed E-state index contributed by atoms with van der Waals surface area (Å²) in [7, 11) is 2.22. The van der Waals surface area contributed by atoms with Gasteiger partial charge in [0.05, 0.1) is 0 Å². The summed E-state index contributed by atoms with van der Waals surface area (Å²) in [5, 5.41) is 1.23. The summed E-state index contributed by atoms with van der Waals surface area (Å²) in [4.78, 5) is 10.0. The molecule has 2 aromatic heterocycles. The highest BCUT2D eigenvalue weighted by Gasteiger charge is 2.29. The smallest absolute Gasteiger partial charge is 0.137 e. The van der Waals surface area contributed by atoms with Crippen LogP contribution in [0.4, 0.5) is 0 Å². The van der Waals surface area contributed by atoms with Crippen molar-refractivity contribution in [3.8, 4) is 0 Å². The van der Waals surface area contributed by atoms with Crippen LogP contribution >= 0.6 is 0 Å². The normalized spacial score (nSPS) is 23.5. The van der Waals surface area contributed by atoms with Crippen molar-refractivity contribution in [2.24, 2.45) is 11.7 Å². The molecule has 3 rings (SSSR count). The van der Waals surface area contributed by atoms with E-state index < -0.39 is 0 Å². The van der Waals surface area contributed by atoms with Gasteiger partial charge in [0.25, 0.3) is 0 Å². The lowest BCUT2D eigenvalue weighted by Crippen LogP contribution is -2.37. The number of nitrogens with two attached hydrogens (primary N) is 1. The number of fused-ring (bicyclic) bond motifs is 1. The maximum atomic E-state index is 5.88. The Bertz CT molecular complexity index is 548. The Labute approximate surface area is 114 Å². The number of H-pyrrole nitrogens is 1. The standard InChI is InChI=1S/C15H22N4/c1-19(14-6-2-4-11(14)8-16)10-12-9-18-15-13(12)5-3-7-17-15/h3,5,7,9,11,14H,2,4,6,8,10,16H2,1H3,(H,17,18). The second-order valence-electron chi connectivity index (χ2n) is 5.62. The Kier molecular flexibility index (Phi) is 3.53. The molecule has 4 nitrogen and oxygen atoms in total. The minimum Gasteiger partial charge on any atom is -0.346 e. The first kappa shape index (κ1) is 12.6. The zero-order valence-corrected chi connectivity index (χ0v) is 11.5. The summed E-state index contributed by atoms with van der Waals surface area (Å²) in [5.41, 5.74) is 8.19. The molecule has 1 aliphatic rings. The Hall–Kier alpha value is -1.39. The lowest BCUT2D eigenvalue weighted by Gasteiger charge is -2.28. The molecule has 2 heterocycles. The fourth-order valence-electron chi connectivity index (χ4n) is 3.40. The van der Waals surface area contributed by atoms with E-state index in [-0.39, 0.29) is 0 Å². The molecule has 0 spiro atoms. The van der Waals surface area contributed by atoms with Gasteiger partial charge in [-0.05, 0) is 50.0 Å². The maximum Gasteiger partial charge on any atom is 0.137 e. The van der Waals surface area contributed by atoms with Crippen molar-refractivity contribution < 1.29 is 0 Å². The maximum absolute atomic E-state index is 5.88. The highest BCUT2D eigenvalue weighted by Crippen LogP contribution is 2.30. The van der Waals surface area contributed by atoms with Gasteiger partial charge in [-0.3, -0.25) is 4.90 Å². The Morgan fingerprint density at radius 2 is 2.37 bits per heavy atom. The number of aromatic amines is 1. The molecule has 0 saturated heterocycles. The van der Waals surface area contributed by atoms with Crippen LogP contribution in [-0.2, 0) is 6.54 Å². The van der Waals surface area contributed by atoms with Crippen LogP contribution in [0.5, 0.6) is 0 Å². The van der Waals surface area contributed by atoms with Crippen molar-refractivity contribution in [3.05, 3.63) is 30.1 Å².